The van der Waals surface area contributed by atoms with Crippen LogP contribution in [0.15, 0.2) is 34.9 Å². The molecule has 0 unspecified atom stereocenters. The third-order valence-electron chi connectivity index (χ3n) is 3.17. The summed E-state index contributed by atoms with van der Waals surface area (Å²) in [5, 5.41) is 19.7. The Hall–Kier alpha value is -2.63. The molecular formula is C14H14N4O2. The molecule has 6 nitrogen and oxygen atoms in total. The summed E-state index contributed by atoms with van der Waals surface area (Å²) in [7, 11) is 0. The van der Waals surface area contributed by atoms with E-state index in [9.17, 15) is 5.11 Å². The lowest BCUT2D eigenvalue weighted by molar-refractivity contribution is -0.675. The molecule has 0 N–H and O–H groups in total. The lowest BCUT2D eigenvalue weighted by Crippen LogP contribution is -2.36. The smallest absolute Gasteiger partial charge is 0.265 e. The quantitative estimate of drug-likeness (QED) is 0.655. The maximum atomic E-state index is 11.5. The van der Waals surface area contributed by atoms with Gasteiger partial charge < -0.3 is 9.63 Å². The molecule has 0 aliphatic heterocycles. The zero-order chi connectivity index (χ0) is 14.3. The van der Waals surface area contributed by atoms with Gasteiger partial charge in [0.1, 0.15) is 5.69 Å². The molecule has 0 radical (unpaired) electrons. The van der Waals surface area contributed by atoms with Gasteiger partial charge in [-0.2, -0.15) is 5.10 Å². The molecule has 0 aliphatic rings. The van der Waals surface area contributed by atoms with Crippen LogP contribution in [0, 0.1) is 20.8 Å². The first-order valence-corrected chi connectivity index (χ1v) is 6.26. The zero-order valence-corrected chi connectivity index (χ0v) is 11.5. The van der Waals surface area contributed by atoms with Crippen LogP contribution in [-0.4, -0.2) is 15.1 Å². The fourth-order valence-corrected chi connectivity index (χ4v) is 2.21. The molecule has 2 aromatic heterocycles. The van der Waals surface area contributed by atoms with E-state index in [1.807, 2.05) is 48.9 Å². The van der Waals surface area contributed by atoms with E-state index < -0.39 is 5.95 Å². The first kappa shape index (κ1) is 12.4. The van der Waals surface area contributed by atoms with Gasteiger partial charge in [0.2, 0.25) is 5.69 Å². The number of rotatable bonds is 2. The van der Waals surface area contributed by atoms with E-state index >= 15 is 0 Å². The second-order valence-corrected chi connectivity index (χ2v) is 4.69. The summed E-state index contributed by atoms with van der Waals surface area (Å²) in [5.41, 5.74) is 3.98. The summed E-state index contributed by atoms with van der Waals surface area (Å²) in [6.07, 6.45) is 0. The molecule has 102 valence electrons. The average molecular weight is 270 g/mol. The molecule has 0 aliphatic carbocycles. The standard InChI is InChI=1S/C14H14N4O2/c1-9-8-10(2)17(15-9)12-6-4-5-7-13(12)18-11(3)14(19)20-16-18/h4-8H,1-3H3. The van der Waals surface area contributed by atoms with Gasteiger partial charge in [0.05, 0.1) is 11.0 Å². The van der Waals surface area contributed by atoms with E-state index in [1.165, 1.54) is 4.68 Å². The van der Waals surface area contributed by atoms with Crippen molar-refractivity contribution in [3.8, 4) is 17.3 Å². The topological polar surface area (TPSA) is 70.8 Å². The summed E-state index contributed by atoms with van der Waals surface area (Å²) < 4.78 is 8.03. The van der Waals surface area contributed by atoms with Crippen LogP contribution in [0.3, 0.4) is 0 Å². The molecule has 2 heterocycles. The highest BCUT2D eigenvalue weighted by atomic mass is 16.6. The fourth-order valence-electron chi connectivity index (χ4n) is 2.21. The number of para-hydroxylation sites is 2. The van der Waals surface area contributed by atoms with E-state index in [1.54, 1.807) is 6.92 Å². The van der Waals surface area contributed by atoms with Crippen molar-refractivity contribution in [3.05, 3.63) is 47.4 Å². The molecule has 3 rings (SSSR count). The zero-order valence-electron chi connectivity index (χ0n) is 11.5. The molecule has 0 saturated heterocycles. The summed E-state index contributed by atoms with van der Waals surface area (Å²) in [4.78, 5) is 0. The van der Waals surface area contributed by atoms with Crippen molar-refractivity contribution < 1.29 is 14.3 Å². The molecule has 6 heteroatoms. The largest absolute Gasteiger partial charge is 0.539 e. The van der Waals surface area contributed by atoms with Gasteiger partial charge in [-0.15, -0.1) is 0 Å². The van der Waals surface area contributed by atoms with Gasteiger partial charge in [-0.1, -0.05) is 12.1 Å². The SMILES string of the molecule is Cc1cc(C)n(-c2ccccc2-[n+]2noc([O-])c2C)n1. The minimum absolute atomic E-state index is 0.430. The first-order valence-electron chi connectivity index (χ1n) is 6.26. The molecule has 0 bridgehead atoms. The van der Waals surface area contributed by atoms with Gasteiger partial charge in [0.25, 0.3) is 5.69 Å². The molecule has 0 atom stereocenters. The molecule has 0 amide bonds. The maximum Gasteiger partial charge on any atom is 0.265 e. The van der Waals surface area contributed by atoms with Crippen LogP contribution < -0.4 is 9.79 Å². The molecule has 1 aromatic carbocycles. The van der Waals surface area contributed by atoms with Gasteiger partial charge in [-0.05, 0) is 30.7 Å². The van der Waals surface area contributed by atoms with E-state index in [0.29, 0.717) is 5.69 Å². The fraction of sp³-hybridized carbons (Fsp3) is 0.214. The molecular weight excluding hydrogens is 256 g/mol. The number of nitrogens with zero attached hydrogens (tertiary/aromatic N) is 4. The van der Waals surface area contributed by atoms with Crippen molar-refractivity contribution in [2.75, 3.05) is 0 Å². The van der Waals surface area contributed by atoms with Crippen molar-refractivity contribution in [2.24, 2.45) is 0 Å². The highest BCUT2D eigenvalue weighted by Crippen LogP contribution is 2.18. The molecule has 0 fully saturated rings. The van der Waals surface area contributed by atoms with Gasteiger partial charge in [0, 0.05) is 18.7 Å². The van der Waals surface area contributed by atoms with Crippen LogP contribution >= 0.6 is 0 Å². The number of hydrogen-bond donors (Lipinski definition) is 0. The summed E-state index contributed by atoms with van der Waals surface area (Å²) in [6, 6.07) is 9.61. The minimum atomic E-state index is -0.437. The minimum Gasteiger partial charge on any atom is -0.539 e. The van der Waals surface area contributed by atoms with Crippen LogP contribution in [0.5, 0.6) is 5.95 Å². The van der Waals surface area contributed by atoms with Crippen LogP contribution in [-0.2, 0) is 0 Å². The molecule has 0 spiro atoms. The van der Waals surface area contributed by atoms with Crippen LogP contribution in [0.25, 0.3) is 11.4 Å². The van der Waals surface area contributed by atoms with Crippen molar-refractivity contribution in [1.82, 2.24) is 15.1 Å². The highest BCUT2D eigenvalue weighted by molar-refractivity contribution is 5.47. The number of aryl methyl sites for hydroxylation is 2. The Kier molecular flexibility index (Phi) is 2.78. The Bertz CT molecular complexity index is 752. The Morgan fingerprint density at radius 2 is 1.95 bits per heavy atom. The third kappa shape index (κ3) is 1.85. The maximum absolute atomic E-state index is 11.5. The van der Waals surface area contributed by atoms with E-state index in [2.05, 4.69) is 10.4 Å². The number of hydrogen-bond acceptors (Lipinski definition) is 4. The van der Waals surface area contributed by atoms with E-state index in [-0.39, 0.29) is 0 Å². The predicted molar refractivity (Wildman–Crippen MR) is 68.8 cm³/mol. The third-order valence-corrected chi connectivity index (χ3v) is 3.17. The predicted octanol–water partition coefficient (Wildman–Crippen LogP) is 1.14. The lowest BCUT2D eigenvalue weighted by Gasteiger charge is -2.05. The van der Waals surface area contributed by atoms with Crippen molar-refractivity contribution in [3.63, 3.8) is 0 Å². The van der Waals surface area contributed by atoms with Crippen LogP contribution in [0.1, 0.15) is 17.1 Å². The van der Waals surface area contributed by atoms with E-state index in [0.717, 1.165) is 22.8 Å². The monoisotopic (exact) mass is 270 g/mol. The van der Waals surface area contributed by atoms with Crippen molar-refractivity contribution in [2.45, 2.75) is 20.8 Å². The van der Waals surface area contributed by atoms with Crippen LogP contribution in [0.4, 0.5) is 0 Å². The van der Waals surface area contributed by atoms with Gasteiger partial charge in [-0.25, -0.2) is 4.68 Å². The molecule has 3 aromatic rings. The Morgan fingerprint density at radius 3 is 2.55 bits per heavy atom. The second-order valence-electron chi connectivity index (χ2n) is 4.69. The second kappa shape index (κ2) is 4.48. The van der Waals surface area contributed by atoms with Crippen molar-refractivity contribution >= 4 is 0 Å². The van der Waals surface area contributed by atoms with Gasteiger partial charge in [0.15, 0.2) is 5.95 Å². The number of aromatic nitrogens is 4. The summed E-state index contributed by atoms with van der Waals surface area (Å²) >= 11 is 0. The normalized spacial score (nSPS) is 10.9. The summed E-state index contributed by atoms with van der Waals surface area (Å²) in [5.74, 6) is -0.437. The number of benzene rings is 1. The molecule has 20 heavy (non-hydrogen) atoms. The van der Waals surface area contributed by atoms with Gasteiger partial charge in [-0.3, -0.25) is 0 Å². The Balaban J connectivity index is 2.24. The van der Waals surface area contributed by atoms with Crippen molar-refractivity contribution in [1.29, 1.82) is 0 Å². The van der Waals surface area contributed by atoms with Gasteiger partial charge >= 0.3 is 0 Å². The van der Waals surface area contributed by atoms with Crippen LogP contribution in [0.2, 0.25) is 0 Å². The highest BCUT2D eigenvalue weighted by Gasteiger charge is 2.21. The first-order chi connectivity index (χ1) is 9.58. The molecule has 0 saturated carbocycles. The Morgan fingerprint density at radius 1 is 1.20 bits per heavy atom. The Labute approximate surface area is 115 Å². The lowest BCUT2D eigenvalue weighted by atomic mass is 10.2. The average Bonchev–Trinajstić information content (AvgIpc) is 2.93. The summed E-state index contributed by atoms with van der Waals surface area (Å²) in [6.45, 7) is 5.60. The van der Waals surface area contributed by atoms with E-state index in [4.69, 9.17) is 4.52 Å².